The van der Waals surface area contributed by atoms with E-state index in [9.17, 15) is 14.7 Å². The fourth-order valence-electron chi connectivity index (χ4n) is 2.22. The van der Waals surface area contributed by atoms with Crippen LogP contribution < -0.4 is 10.2 Å². The van der Waals surface area contributed by atoms with E-state index >= 15 is 0 Å². The zero-order chi connectivity index (χ0) is 15.0. The minimum Gasteiger partial charge on any atom is -0.507 e. The summed E-state index contributed by atoms with van der Waals surface area (Å²) in [5.41, 5.74) is 1.56. The van der Waals surface area contributed by atoms with Crippen LogP contribution in [0.25, 0.3) is 0 Å². The molecule has 5 nitrogen and oxygen atoms in total. The summed E-state index contributed by atoms with van der Waals surface area (Å²) in [5.74, 6) is -0.598. The second kappa shape index (κ2) is 5.21. The summed E-state index contributed by atoms with van der Waals surface area (Å²) in [6.07, 6.45) is 0. The maximum atomic E-state index is 12.6. The van der Waals surface area contributed by atoms with Crippen molar-refractivity contribution in [2.75, 3.05) is 16.8 Å². The Morgan fingerprint density at radius 1 is 1.24 bits per heavy atom. The van der Waals surface area contributed by atoms with Gasteiger partial charge in [0.15, 0.2) is 0 Å². The van der Waals surface area contributed by atoms with Crippen LogP contribution in [0.1, 0.15) is 10.4 Å². The van der Waals surface area contributed by atoms with E-state index < -0.39 is 0 Å². The number of anilines is 2. The first-order chi connectivity index (χ1) is 10.1. The van der Waals surface area contributed by atoms with Crippen molar-refractivity contribution in [3.63, 3.8) is 0 Å². The molecule has 0 unspecified atom stereocenters. The lowest BCUT2D eigenvalue weighted by atomic mass is 10.1. The summed E-state index contributed by atoms with van der Waals surface area (Å²) in [5, 5.41) is 12.4. The Hall–Kier alpha value is -2.34. The molecule has 1 aliphatic rings. The monoisotopic (exact) mass is 346 g/mol. The number of fused-ring (bicyclic) bond motifs is 1. The van der Waals surface area contributed by atoms with Crippen LogP contribution >= 0.6 is 15.9 Å². The normalized spacial score (nSPS) is 13.6. The summed E-state index contributed by atoms with van der Waals surface area (Å²) in [6.45, 7) is -0.0489. The number of carbonyl (C=O) groups is 2. The highest BCUT2D eigenvalue weighted by atomic mass is 79.9. The van der Waals surface area contributed by atoms with E-state index in [1.807, 2.05) is 0 Å². The van der Waals surface area contributed by atoms with E-state index in [0.29, 0.717) is 21.4 Å². The molecule has 1 aliphatic heterocycles. The molecule has 2 aromatic rings. The third-order valence-electron chi connectivity index (χ3n) is 3.21. The van der Waals surface area contributed by atoms with Crippen molar-refractivity contribution in [3.8, 4) is 5.75 Å². The zero-order valence-corrected chi connectivity index (χ0v) is 12.4. The molecule has 0 atom stereocenters. The van der Waals surface area contributed by atoms with E-state index in [0.717, 1.165) is 0 Å². The number of nitrogens with zero attached hydrogens (tertiary/aromatic N) is 1. The van der Waals surface area contributed by atoms with Gasteiger partial charge in [-0.15, -0.1) is 0 Å². The zero-order valence-electron chi connectivity index (χ0n) is 10.8. The van der Waals surface area contributed by atoms with Crippen LogP contribution in [0.4, 0.5) is 11.4 Å². The van der Waals surface area contributed by atoms with Crippen LogP contribution in [0.2, 0.25) is 0 Å². The van der Waals surface area contributed by atoms with Gasteiger partial charge in [0, 0.05) is 5.56 Å². The van der Waals surface area contributed by atoms with Gasteiger partial charge in [-0.2, -0.15) is 0 Å². The number of hydrogen-bond donors (Lipinski definition) is 2. The van der Waals surface area contributed by atoms with E-state index in [1.54, 1.807) is 36.4 Å². The van der Waals surface area contributed by atoms with Gasteiger partial charge >= 0.3 is 0 Å². The molecule has 0 aromatic heterocycles. The van der Waals surface area contributed by atoms with E-state index in [4.69, 9.17) is 0 Å². The van der Waals surface area contributed by atoms with Crippen molar-refractivity contribution >= 4 is 39.1 Å². The second-order valence-corrected chi connectivity index (χ2v) is 5.48. The molecule has 0 saturated carbocycles. The number of hydrogen-bond acceptors (Lipinski definition) is 3. The Morgan fingerprint density at radius 2 is 2.00 bits per heavy atom. The number of carbonyl (C=O) groups excluding carboxylic acids is 2. The van der Waals surface area contributed by atoms with Crippen molar-refractivity contribution in [1.82, 2.24) is 0 Å². The highest BCUT2D eigenvalue weighted by Crippen LogP contribution is 2.31. The van der Waals surface area contributed by atoms with E-state index in [1.165, 1.54) is 11.0 Å². The minimum atomic E-state index is -0.333. The number of halogens is 1. The first-order valence-corrected chi connectivity index (χ1v) is 7.05. The Morgan fingerprint density at radius 3 is 2.76 bits per heavy atom. The average Bonchev–Trinajstić information content (AvgIpc) is 2.48. The van der Waals surface area contributed by atoms with Gasteiger partial charge in [-0.1, -0.05) is 12.1 Å². The van der Waals surface area contributed by atoms with Gasteiger partial charge in [0.1, 0.15) is 12.3 Å². The molecular formula is C15H11BrN2O3. The van der Waals surface area contributed by atoms with Crippen molar-refractivity contribution < 1.29 is 14.7 Å². The summed E-state index contributed by atoms with van der Waals surface area (Å²) in [4.78, 5) is 25.7. The molecule has 0 spiro atoms. The lowest BCUT2D eigenvalue weighted by molar-refractivity contribution is -0.115. The Balaban J connectivity index is 2.01. The van der Waals surface area contributed by atoms with Crippen molar-refractivity contribution in [1.29, 1.82) is 0 Å². The number of para-hydroxylation sites is 2. The third-order valence-corrected chi connectivity index (χ3v) is 3.88. The molecule has 0 saturated heterocycles. The molecule has 3 rings (SSSR count). The highest BCUT2D eigenvalue weighted by Gasteiger charge is 2.27. The van der Waals surface area contributed by atoms with Crippen molar-refractivity contribution in [2.45, 2.75) is 0 Å². The van der Waals surface area contributed by atoms with Crippen LogP contribution in [0.5, 0.6) is 5.75 Å². The Bertz CT molecular complexity index is 745. The molecule has 2 aromatic carbocycles. The lowest BCUT2D eigenvalue weighted by Crippen LogP contribution is -2.42. The second-order valence-electron chi connectivity index (χ2n) is 4.62. The first-order valence-electron chi connectivity index (χ1n) is 6.25. The van der Waals surface area contributed by atoms with Crippen LogP contribution in [0.15, 0.2) is 46.9 Å². The molecule has 0 aliphatic carbocycles. The van der Waals surface area contributed by atoms with E-state index in [2.05, 4.69) is 21.2 Å². The number of phenols is 1. The third kappa shape index (κ3) is 2.50. The van der Waals surface area contributed by atoms with Crippen molar-refractivity contribution in [3.05, 3.63) is 52.5 Å². The van der Waals surface area contributed by atoms with Crippen LogP contribution in [0.3, 0.4) is 0 Å². The van der Waals surface area contributed by atoms with Gasteiger partial charge in [0.05, 0.1) is 15.8 Å². The Labute approximate surface area is 129 Å². The number of aromatic hydroxyl groups is 1. The number of rotatable bonds is 1. The minimum absolute atomic E-state index is 0.0180. The van der Waals surface area contributed by atoms with Gasteiger partial charge in [0.25, 0.3) is 5.91 Å². The van der Waals surface area contributed by atoms with Crippen LogP contribution in [0, 0.1) is 0 Å². The molecule has 0 radical (unpaired) electrons. The highest BCUT2D eigenvalue weighted by molar-refractivity contribution is 9.10. The standard InChI is InChI=1S/C15H11BrN2O3/c16-10-6-5-9(7-13(10)19)15(21)18-8-14(20)17-11-3-1-2-4-12(11)18/h1-7,19H,8H2,(H,17,20). The smallest absolute Gasteiger partial charge is 0.258 e. The fourth-order valence-corrected chi connectivity index (χ4v) is 2.46. The Kier molecular flexibility index (Phi) is 3.39. The summed E-state index contributed by atoms with van der Waals surface area (Å²) >= 11 is 3.17. The molecule has 2 amide bonds. The molecule has 6 heteroatoms. The predicted octanol–water partition coefficient (Wildman–Crippen LogP) is 2.75. The first kappa shape index (κ1) is 13.6. The van der Waals surface area contributed by atoms with Gasteiger partial charge in [-0.25, -0.2) is 0 Å². The maximum Gasteiger partial charge on any atom is 0.258 e. The summed E-state index contributed by atoms with van der Waals surface area (Å²) in [7, 11) is 0. The largest absolute Gasteiger partial charge is 0.507 e. The molecule has 2 N–H and O–H groups in total. The van der Waals surface area contributed by atoms with Gasteiger partial charge in [-0.3, -0.25) is 14.5 Å². The number of benzene rings is 2. The topological polar surface area (TPSA) is 69.6 Å². The van der Waals surface area contributed by atoms with Crippen molar-refractivity contribution in [2.24, 2.45) is 0 Å². The molecule has 1 heterocycles. The maximum absolute atomic E-state index is 12.6. The lowest BCUT2D eigenvalue weighted by Gasteiger charge is -2.29. The quantitative estimate of drug-likeness (QED) is 0.834. The van der Waals surface area contributed by atoms with E-state index in [-0.39, 0.29) is 24.1 Å². The summed E-state index contributed by atoms with van der Waals surface area (Å²) < 4.78 is 0.510. The van der Waals surface area contributed by atoms with Gasteiger partial charge in [0.2, 0.25) is 5.91 Å². The van der Waals surface area contributed by atoms with Gasteiger partial charge in [-0.05, 0) is 46.3 Å². The number of phenolic OH excluding ortho intramolecular Hbond substituents is 1. The molecule has 21 heavy (non-hydrogen) atoms. The number of amides is 2. The SMILES string of the molecule is O=C1CN(C(=O)c2ccc(Br)c(O)c2)c2ccccc2N1. The van der Waals surface area contributed by atoms with Crippen LogP contribution in [-0.4, -0.2) is 23.5 Å². The van der Waals surface area contributed by atoms with Gasteiger partial charge < -0.3 is 10.4 Å². The molecule has 0 fully saturated rings. The molecule has 0 bridgehead atoms. The predicted molar refractivity (Wildman–Crippen MR) is 82.6 cm³/mol. The molecular weight excluding hydrogens is 336 g/mol. The average molecular weight is 347 g/mol. The van der Waals surface area contributed by atoms with Crippen LogP contribution in [-0.2, 0) is 4.79 Å². The number of nitrogens with one attached hydrogen (secondary N) is 1. The summed E-state index contributed by atoms with van der Waals surface area (Å²) in [6, 6.07) is 11.7. The molecule has 106 valence electrons. The fraction of sp³-hybridized carbons (Fsp3) is 0.0667.